The molecule has 0 saturated carbocycles. The van der Waals surface area contributed by atoms with Crippen LogP contribution in [0.4, 0.5) is 0 Å². The van der Waals surface area contributed by atoms with Gasteiger partial charge in [0.25, 0.3) is 0 Å². The number of morpholine rings is 1. The molecular weight excluding hydrogens is 371 g/mol. The third-order valence-corrected chi connectivity index (χ3v) is 3.09. The Hall–Kier alpha value is -0.120. The lowest BCUT2D eigenvalue weighted by atomic mass is 10.2. The lowest BCUT2D eigenvalue weighted by Gasteiger charge is -2.28. The number of hydrogen-bond donors (Lipinski definition) is 1. The predicted molar refractivity (Wildman–Crippen MR) is 92.9 cm³/mol. The van der Waals surface area contributed by atoms with Crippen LogP contribution >= 0.6 is 24.0 Å². The van der Waals surface area contributed by atoms with Crippen LogP contribution in [0.15, 0.2) is 4.99 Å². The molecular formula is C13H29IN4O2. The molecule has 1 aliphatic rings. The van der Waals surface area contributed by atoms with E-state index in [9.17, 15) is 0 Å². The molecule has 7 heteroatoms. The zero-order valence-electron chi connectivity index (χ0n) is 12.9. The summed E-state index contributed by atoms with van der Waals surface area (Å²) in [6.45, 7) is 7.46. The Balaban J connectivity index is 0.00000361. The molecule has 6 nitrogen and oxygen atoms in total. The fourth-order valence-corrected chi connectivity index (χ4v) is 1.95. The smallest absolute Gasteiger partial charge is 0.191 e. The van der Waals surface area contributed by atoms with Gasteiger partial charge in [-0.25, -0.2) is 0 Å². The van der Waals surface area contributed by atoms with Gasteiger partial charge in [-0.2, -0.15) is 0 Å². The van der Waals surface area contributed by atoms with Crippen molar-refractivity contribution in [2.75, 3.05) is 60.1 Å². The summed E-state index contributed by atoms with van der Waals surface area (Å²) in [4.78, 5) is 8.69. The number of guanidine groups is 1. The Kier molecular flexibility index (Phi) is 11.5. The van der Waals surface area contributed by atoms with E-state index in [4.69, 9.17) is 15.2 Å². The number of halogens is 1. The summed E-state index contributed by atoms with van der Waals surface area (Å²) in [6, 6.07) is 0. The molecule has 1 unspecified atom stereocenters. The summed E-state index contributed by atoms with van der Waals surface area (Å²) < 4.78 is 11.0. The molecule has 1 saturated heterocycles. The minimum atomic E-state index is 0. The predicted octanol–water partition coefficient (Wildman–Crippen LogP) is 0.608. The first-order valence-corrected chi connectivity index (χ1v) is 7.02. The van der Waals surface area contributed by atoms with Gasteiger partial charge in [0.2, 0.25) is 0 Å². The van der Waals surface area contributed by atoms with Gasteiger partial charge in [0.15, 0.2) is 5.96 Å². The zero-order chi connectivity index (χ0) is 14.1. The van der Waals surface area contributed by atoms with Crippen molar-refractivity contribution >= 4 is 29.9 Å². The van der Waals surface area contributed by atoms with Crippen molar-refractivity contribution in [2.24, 2.45) is 10.7 Å². The minimum absolute atomic E-state index is 0. The second-order valence-corrected chi connectivity index (χ2v) is 4.97. The maximum absolute atomic E-state index is 6.00. The molecule has 0 radical (unpaired) electrons. The summed E-state index contributed by atoms with van der Waals surface area (Å²) in [6.07, 6.45) is 1.12. The van der Waals surface area contributed by atoms with Crippen molar-refractivity contribution in [3.8, 4) is 0 Å². The molecule has 2 N–H and O–H groups in total. The topological polar surface area (TPSA) is 63.3 Å². The van der Waals surface area contributed by atoms with E-state index in [2.05, 4.69) is 28.9 Å². The van der Waals surface area contributed by atoms with Crippen molar-refractivity contribution < 1.29 is 9.47 Å². The van der Waals surface area contributed by atoms with E-state index in [1.807, 2.05) is 6.92 Å². The Morgan fingerprint density at radius 3 is 2.60 bits per heavy atom. The highest BCUT2D eigenvalue weighted by Gasteiger charge is 2.13. The van der Waals surface area contributed by atoms with Crippen molar-refractivity contribution in [1.29, 1.82) is 0 Å². The normalized spacial score (nSPS) is 18.0. The first-order chi connectivity index (χ1) is 9.13. The number of nitrogens with zero attached hydrogens (tertiary/aromatic N) is 3. The van der Waals surface area contributed by atoms with E-state index >= 15 is 0 Å². The van der Waals surface area contributed by atoms with Gasteiger partial charge in [-0.1, -0.05) is 0 Å². The Labute approximate surface area is 139 Å². The summed E-state index contributed by atoms with van der Waals surface area (Å²) >= 11 is 0. The van der Waals surface area contributed by atoms with Gasteiger partial charge in [0, 0.05) is 26.2 Å². The molecule has 0 spiro atoms. The minimum Gasteiger partial charge on any atom is -0.378 e. The van der Waals surface area contributed by atoms with Crippen LogP contribution in [-0.2, 0) is 9.47 Å². The molecule has 0 aliphatic carbocycles. The number of hydrogen-bond acceptors (Lipinski definition) is 4. The molecule has 120 valence electrons. The zero-order valence-corrected chi connectivity index (χ0v) is 15.2. The van der Waals surface area contributed by atoms with Crippen LogP contribution in [0.1, 0.15) is 13.3 Å². The van der Waals surface area contributed by atoms with Gasteiger partial charge >= 0.3 is 0 Å². The largest absolute Gasteiger partial charge is 0.378 e. The van der Waals surface area contributed by atoms with E-state index in [1.54, 1.807) is 0 Å². The first-order valence-electron chi connectivity index (χ1n) is 7.02. The van der Waals surface area contributed by atoms with Crippen LogP contribution in [0, 0.1) is 0 Å². The molecule has 0 aromatic heterocycles. The van der Waals surface area contributed by atoms with E-state index in [0.717, 1.165) is 39.3 Å². The van der Waals surface area contributed by atoms with Gasteiger partial charge in [-0.05, 0) is 27.4 Å². The van der Waals surface area contributed by atoms with Crippen LogP contribution in [0.5, 0.6) is 0 Å². The van der Waals surface area contributed by atoms with Crippen LogP contribution in [0.25, 0.3) is 0 Å². The van der Waals surface area contributed by atoms with Gasteiger partial charge < -0.3 is 25.0 Å². The molecule has 1 rings (SSSR count). The molecule has 0 aromatic carbocycles. The highest BCUT2D eigenvalue weighted by atomic mass is 127. The quantitative estimate of drug-likeness (QED) is 0.386. The van der Waals surface area contributed by atoms with E-state index in [0.29, 0.717) is 19.1 Å². The highest BCUT2D eigenvalue weighted by molar-refractivity contribution is 14.0. The van der Waals surface area contributed by atoms with Gasteiger partial charge in [0.1, 0.15) is 0 Å². The summed E-state index contributed by atoms with van der Waals surface area (Å²) in [5.74, 6) is 0.609. The second kappa shape index (κ2) is 11.5. The van der Waals surface area contributed by atoms with Crippen LogP contribution < -0.4 is 5.73 Å². The molecule has 1 heterocycles. The second-order valence-electron chi connectivity index (χ2n) is 4.97. The van der Waals surface area contributed by atoms with Crippen molar-refractivity contribution in [1.82, 2.24) is 9.80 Å². The highest BCUT2D eigenvalue weighted by Crippen LogP contribution is 2.02. The van der Waals surface area contributed by atoms with Gasteiger partial charge in [-0.15, -0.1) is 24.0 Å². The Morgan fingerprint density at radius 2 is 2.05 bits per heavy atom. The third kappa shape index (κ3) is 8.23. The lowest BCUT2D eigenvalue weighted by Crippen LogP contribution is -2.45. The maximum atomic E-state index is 6.00. The van der Waals surface area contributed by atoms with Gasteiger partial charge in [-0.3, -0.25) is 4.99 Å². The third-order valence-electron chi connectivity index (χ3n) is 3.09. The number of nitrogens with two attached hydrogens (primary N) is 1. The van der Waals surface area contributed by atoms with Gasteiger partial charge in [0.05, 0.1) is 25.9 Å². The first kappa shape index (κ1) is 19.9. The molecule has 1 atom stereocenters. The molecule has 0 bridgehead atoms. The monoisotopic (exact) mass is 400 g/mol. The van der Waals surface area contributed by atoms with E-state index < -0.39 is 0 Å². The molecule has 20 heavy (non-hydrogen) atoms. The van der Waals surface area contributed by atoms with Crippen molar-refractivity contribution in [3.63, 3.8) is 0 Å². The standard InChI is InChI=1S/C13H28N4O2.HI/c1-4-19-12(5-6-16(2)3)11-15-13(14)17-7-9-18-10-8-17;/h12H,4-11H2,1-3H3,(H2,14,15);1H. The number of ether oxygens (including phenoxy) is 2. The van der Waals surface area contributed by atoms with Crippen LogP contribution in [0.3, 0.4) is 0 Å². The average Bonchev–Trinajstić information content (AvgIpc) is 2.42. The van der Waals surface area contributed by atoms with E-state index in [-0.39, 0.29) is 30.1 Å². The number of aliphatic imine (C=N–C) groups is 1. The molecule has 0 amide bonds. The molecule has 0 aromatic rings. The fraction of sp³-hybridized carbons (Fsp3) is 0.923. The Morgan fingerprint density at radius 1 is 1.40 bits per heavy atom. The fourth-order valence-electron chi connectivity index (χ4n) is 1.95. The maximum Gasteiger partial charge on any atom is 0.191 e. The average molecular weight is 400 g/mol. The molecule has 1 fully saturated rings. The number of rotatable bonds is 7. The molecule has 1 aliphatic heterocycles. The van der Waals surface area contributed by atoms with Crippen molar-refractivity contribution in [3.05, 3.63) is 0 Å². The summed E-state index contributed by atoms with van der Waals surface area (Å²) in [5.41, 5.74) is 6.00. The van der Waals surface area contributed by atoms with Crippen molar-refractivity contribution in [2.45, 2.75) is 19.4 Å². The summed E-state index contributed by atoms with van der Waals surface area (Å²) in [7, 11) is 4.13. The van der Waals surface area contributed by atoms with Crippen LogP contribution in [-0.4, -0.2) is 82.0 Å². The summed E-state index contributed by atoms with van der Waals surface area (Å²) in [5, 5.41) is 0. The van der Waals surface area contributed by atoms with E-state index in [1.165, 1.54) is 0 Å². The lowest BCUT2D eigenvalue weighted by molar-refractivity contribution is 0.0564. The SMILES string of the molecule is CCOC(CCN(C)C)CN=C(N)N1CCOCC1.I. The Bertz CT molecular complexity index is 271. The van der Waals surface area contributed by atoms with Crippen LogP contribution in [0.2, 0.25) is 0 Å².